The first-order valence-corrected chi connectivity index (χ1v) is 9.29. The maximum Gasteiger partial charge on any atom is 0.326 e. The van der Waals surface area contributed by atoms with Crippen LogP contribution in [0.4, 0.5) is 0 Å². The lowest BCUT2D eigenvalue weighted by atomic mass is 9.77. The predicted molar refractivity (Wildman–Crippen MR) is 101 cm³/mol. The molecule has 2 aliphatic rings. The molecule has 1 fully saturated rings. The Labute approximate surface area is 153 Å². The molecule has 0 saturated carbocycles. The van der Waals surface area contributed by atoms with Crippen molar-refractivity contribution in [3.05, 3.63) is 23.2 Å². The van der Waals surface area contributed by atoms with Crippen LogP contribution in [0.1, 0.15) is 47.5 Å². The van der Waals surface area contributed by atoms with Crippen molar-refractivity contribution in [2.75, 3.05) is 32.7 Å². The Morgan fingerprint density at radius 2 is 1.80 bits per heavy atom. The van der Waals surface area contributed by atoms with Crippen LogP contribution < -0.4 is 0 Å². The van der Waals surface area contributed by atoms with E-state index >= 15 is 0 Å². The molecule has 0 aromatic heterocycles. The first-order valence-electron chi connectivity index (χ1n) is 9.29. The largest absolute Gasteiger partial charge is 0.427 e. The second-order valence-electron chi connectivity index (χ2n) is 7.96. The van der Waals surface area contributed by atoms with Gasteiger partial charge in [0.05, 0.1) is 11.2 Å². The van der Waals surface area contributed by atoms with Gasteiger partial charge >= 0.3 is 7.48 Å². The summed E-state index contributed by atoms with van der Waals surface area (Å²) in [4.78, 5) is 17.0. The molecule has 1 saturated heterocycles. The van der Waals surface area contributed by atoms with E-state index in [9.17, 15) is 9.90 Å². The van der Waals surface area contributed by atoms with Crippen molar-refractivity contribution in [1.29, 1.82) is 0 Å². The highest BCUT2D eigenvalue weighted by Gasteiger charge is 2.36. The number of likely N-dealkylation sites (N-methyl/N-ethyl adjacent to an activating group) is 1. The van der Waals surface area contributed by atoms with E-state index in [1.165, 1.54) is 0 Å². The van der Waals surface area contributed by atoms with Crippen molar-refractivity contribution in [2.45, 2.75) is 58.7 Å². The Hall–Kier alpha value is -1.11. The summed E-state index contributed by atoms with van der Waals surface area (Å²) >= 11 is 0. The van der Waals surface area contributed by atoms with Gasteiger partial charge in [0.1, 0.15) is 0 Å². The van der Waals surface area contributed by atoms with Crippen LogP contribution in [0.5, 0.6) is 0 Å². The molecule has 1 radical (unpaired) electrons. The molecule has 25 heavy (non-hydrogen) atoms. The third-order valence-electron chi connectivity index (χ3n) is 5.54. The number of carbonyl (C=O) groups excluding carboxylic acids is 1. The van der Waals surface area contributed by atoms with Crippen LogP contribution in [0.2, 0.25) is 0 Å². The van der Waals surface area contributed by atoms with Gasteiger partial charge in [-0.2, -0.15) is 0 Å². The third kappa shape index (κ3) is 5.19. The van der Waals surface area contributed by atoms with Gasteiger partial charge in [0.2, 0.25) is 5.91 Å². The summed E-state index contributed by atoms with van der Waals surface area (Å²) < 4.78 is 5.80. The zero-order valence-corrected chi connectivity index (χ0v) is 16.3. The van der Waals surface area contributed by atoms with Gasteiger partial charge in [0, 0.05) is 31.8 Å². The first-order chi connectivity index (χ1) is 11.6. The van der Waals surface area contributed by atoms with Crippen LogP contribution in [0.15, 0.2) is 23.2 Å². The van der Waals surface area contributed by atoms with Crippen molar-refractivity contribution in [2.24, 2.45) is 0 Å². The molecule has 0 atom stereocenters. The maximum atomic E-state index is 12.6. The average Bonchev–Trinajstić information content (AvgIpc) is 2.59. The SMILES string of the molecule is CCN1CCN(C(=O)C2=CC=C([B]OC(C)(C)C(C)(C)O)CC2)CC1. The molecule has 1 aliphatic heterocycles. The molecule has 0 aromatic rings. The van der Waals surface area contributed by atoms with Gasteiger partial charge in [0.25, 0.3) is 0 Å². The molecule has 1 aliphatic carbocycles. The molecule has 0 aromatic carbocycles. The van der Waals surface area contributed by atoms with E-state index < -0.39 is 11.2 Å². The lowest BCUT2D eigenvalue weighted by Crippen LogP contribution is -2.49. The molecule has 1 heterocycles. The van der Waals surface area contributed by atoms with Crippen LogP contribution in [-0.2, 0) is 9.45 Å². The number of carbonyl (C=O) groups is 1. The van der Waals surface area contributed by atoms with Crippen molar-refractivity contribution in [3.8, 4) is 0 Å². The van der Waals surface area contributed by atoms with Crippen LogP contribution in [-0.4, -0.2) is 72.2 Å². The minimum absolute atomic E-state index is 0.170. The quantitative estimate of drug-likeness (QED) is 0.746. The van der Waals surface area contributed by atoms with E-state index in [0.717, 1.165) is 56.6 Å². The Kier molecular flexibility index (Phi) is 6.52. The van der Waals surface area contributed by atoms with E-state index in [-0.39, 0.29) is 5.91 Å². The van der Waals surface area contributed by atoms with Gasteiger partial charge in [-0.3, -0.25) is 4.79 Å². The maximum absolute atomic E-state index is 12.6. The van der Waals surface area contributed by atoms with Crippen LogP contribution in [0.25, 0.3) is 0 Å². The summed E-state index contributed by atoms with van der Waals surface area (Å²) in [5.41, 5.74) is 0.316. The minimum atomic E-state index is -0.934. The number of allylic oxidation sites excluding steroid dienone is 3. The molecule has 0 bridgehead atoms. The standard InChI is InChI=1S/C19H32BN2O3/c1-6-21-11-13-22(14-12-21)17(23)15-7-9-16(10-8-15)20-25-19(4,5)18(2,3)24/h7,9,24H,6,8,10-14H2,1-5H3. The van der Waals surface area contributed by atoms with Crippen molar-refractivity contribution in [3.63, 3.8) is 0 Å². The fourth-order valence-electron chi connectivity index (χ4n) is 2.77. The van der Waals surface area contributed by atoms with Gasteiger partial charge in [-0.15, -0.1) is 0 Å². The van der Waals surface area contributed by atoms with Crippen molar-refractivity contribution in [1.82, 2.24) is 9.80 Å². The lowest BCUT2D eigenvalue weighted by molar-refractivity contribution is -0.129. The average molecular weight is 347 g/mol. The fourth-order valence-corrected chi connectivity index (χ4v) is 2.77. The molecular formula is C19H32BN2O3. The van der Waals surface area contributed by atoms with Crippen LogP contribution in [0, 0.1) is 0 Å². The van der Waals surface area contributed by atoms with E-state index in [0.29, 0.717) is 0 Å². The number of aliphatic hydroxyl groups is 1. The highest BCUT2D eigenvalue weighted by Crippen LogP contribution is 2.27. The highest BCUT2D eigenvalue weighted by atomic mass is 16.5. The molecule has 1 N–H and O–H groups in total. The van der Waals surface area contributed by atoms with Crippen molar-refractivity contribution >= 4 is 13.4 Å². The Bertz CT molecular complexity index is 541. The van der Waals surface area contributed by atoms with Gasteiger partial charge < -0.3 is 19.6 Å². The van der Waals surface area contributed by atoms with Gasteiger partial charge in [-0.25, -0.2) is 0 Å². The monoisotopic (exact) mass is 347 g/mol. The smallest absolute Gasteiger partial charge is 0.326 e. The topological polar surface area (TPSA) is 53.0 Å². The summed E-state index contributed by atoms with van der Waals surface area (Å²) in [7, 11) is 1.72. The van der Waals surface area contributed by atoms with Gasteiger partial charge in [-0.1, -0.05) is 24.5 Å². The predicted octanol–water partition coefficient (Wildman–Crippen LogP) is 1.94. The first kappa shape index (κ1) is 20.2. The zero-order valence-electron chi connectivity index (χ0n) is 16.3. The van der Waals surface area contributed by atoms with E-state index in [1.807, 2.05) is 30.9 Å². The zero-order chi connectivity index (χ0) is 18.7. The fraction of sp³-hybridized carbons (Fsp3) is 0.737. The van der Waals surface area contributed by atoms with Crippen molar-refractivity contribution < 1.29 is 14.6 Å². The number of hydrogen-bond donors (Lipinski definition) is 1. The number of rotatable bonds is 6. The van der Waals surface area contributed by atoms with Gasteiger partial charge in [-0.05, 0) is 47.1 Å². The summed E-state index contributed by atoms with van der Waals surface area (Å²) in [5, 5.41) is 10.1. The van der Waals surface area contributed by atoms with Crippen LogP contribution in [0.3, 0.4) is 0 Å². The Morgan fingerprint density at radius 3 is 2.28 bits per heavy atom. The molecule has 6 heteroatoms. The van der Waals surface area contributed by atoms with Gasteiger partial charge in [0.15, 0.2) is 0 Å². The Balaban J connectivity index is 1.89. The summed E-state index contributed by atoms with van der Waals surface area (Å²) in [6, 6.07) is 0. The second-order valence-corrected chi connectivity index (χ2v) is 7.96. The molecule has 2 rings (SSSR count). The summed E-state index contributed by atoms with van der Waals surface area (Å²) in [5.74, 6) is 0.170. The molecule has 5 nitrogen and oxygen atoms in total. The van der Waals surface area contributed by atoms with E-state index in [4.69, 9.17) is 4.65 Å². The molecule has 0 spiro atoms. The molecule has 139 valence electrons. The third-order valence-corrected chi connectivity index (χ3v) is 5.54. The van der Waals surface area contributed by atoms with Crippen LogP contribution >= 0.6 is 0 Å². The number of amides is 1. The summed E-state index contributed by atoms with van der Waals surface area (Å²) in [6.45, 7) is 14.0. The van der Waals surface area contributed by atoms with E-state index in [2.05, 4.69) is 11.8 Å². The molecule has 0 unspecified atom stereocenters. The molecular weight excluding hydrogens is 315 g/mol. The minimum Gasteiger partial charge on any atom is -0.427 e. The highest BCUT2D eigenvalue weighted by molar-refractivity contribution is 6.38. The Morgan fingerprint density at radius 1 is 1.16 bits per heavy atom. The number of hydrogen-bond acceptors (Lipinski definition) is 4. The molecule has 1 amide bonds. The van der Waals surface area contributed by atoms with E-state index in [1.54, 1.807) is 21.3 Å². The number of nitrogens with zero attached hydrogens (tertiary/aromatic N) is 2. The lowest BCUT2D eigenvalue weighted by Gasteiger charge is -2.38. The second kappa shape index (κ2) is 8.06. The summed E-state index contributed by atoms with van der Waals surface area (Å²) in [6.07, 6.45) is 5.40. The normalized spacial score (nSPS) is 20.2. The number of piperazine rings is 1.